The van der Waals surface area contributed by atoms with Gasteiger partial charge in [-0.15, -0.1) is 0 Å². The van der Waals surface area contributed by atoms with Crippen LogP contribution in [0.4, 0.5) is 5.69 Å². The maximum atomic E-state index is 10.5. The second-order valence-corrected chi connectivity index (χ2v) is 5.58. The molecular weight excluding hydrogens is 324 g/mol. The third kappa shape index (κ3) is 3.71. The monoisotopic (exact) mass is 338 g/mol. The zero-order valence-electron chi connectivity index (χ0n) is 10.9. The minimum Gasteiger partial charge on any atom is -0.480 e. The van der Waals surface area contributed by atoms with Crippen molar-refractivity contribution in [2.24, 2.45) is 0 Å². The van der Waals surface area contributed by atoms with Crippen LogP contribution in [0.15, 0.2) is 22.7 Å². The van der Waals surface area contributed by atoms with E-state index in [0.29, 0.717) is 5.56 Å². The van der Waals surface area contributed by atoms with Gasteiger partial charge in [-0.3, -0.25) is 0 Å². The number of ether oxygens (including phenoxy) is 1. The molecule has 1 aromatic rings. The molecule has 1 heterocycles. The van der Waals surface area contributed by atoms with Crippen LogP contribution >= 0.6 is 15.9 Å². The standard InChI is InChI=1S/C14H15BrN2O3/c15-11-2-1-10(8-16)13(7-11)17-5-3-12(4-6-17)20-9-14(18)19/h1-2,7,12H,3-6,9H2,(H,18,19). The molecule has 0 aliphatic carbocycles. The van der Waals surface area contributed by atoms with Crippen molar-refractivity contribution in [1.82, 2.24) is 0 Å². The SMILES string of the molecule is N#Cc1ccc(Br)cc1N1CCC(OCC(=O)O)CC1. The van der Waals surface area contributed by atoms with E-state index in [4.69, 9.17) is 15.1 Å². The fraction of sp³-hybridized carbons (Fsp3) is 0.429. The summed E-state index contributed by atoms with van der Waals surface area (Å²) >= 11 is 3.42. The van der Waals surface area contributed by atoms with Crippen molar-refractivity contribution in [1.29, 1.82) is 5.26 Å². The summed E-state index contributed by atoms with van der Waals surface area (Å²) in [5.74, 6) is -0.939. The molecule has 0 radical (unpaired) electrons. The minimum absolute atomic E-state index is 0.0139. The molecule has 5 nitrogen and oxygen atoms in total. The first-order valence-corrected chi connectivity index (χ1v) is 7.17. The van der Waals surface area contributed by atoms with Crippen LogP contribution in [0, 0.1) is 11.3 Å². The highest BCUT2D eigenvalue weighted by molar-refractivity contribution is 9.10. The van der Waals surface area contributed by atoms with E-state index in [1.54, 1.807) is 6.07 Å². The Morgan fingerprint density at radius 3 is 2.80 bits per heavy atom. The van der Waals surface area contributed by atoms with E-state index in [9.17, 15) is 4.79 Å². The Kier molecular flexibility index (Phi) is 4.99. The maximum absolute atomic E-state index is 10.5. The van der Waals surface area contributed by atoms with Crippen LogP contribution in [0.25, 0.3) is 0 Å². The summed E-state index contributed by atoms with van der Waals surface area (Å²) in [5.41, 5.74) is 1.57. The summed E-state index contributed by atoms with van der Waals surface area (Å²) < 4.78 is 6.25. The molecule has 1 fully saturated rings. The average molecular weight is 339 g/mol. The van der Waals surface area contributed by atoms with Crippen molar-refractivity contribution < 1.29 is 14.6 Å². The van der Waals surface area contributed by atoms with Gasteiger partial charge in [-0.2, -0.15) is 5.26 Å². The summed E-state index contributed by atoms with van der Waals surface area (Å²) in [5, 5.41) is 17.8. The molecule has 2 rings (SSSR count). The van der Waals surface area contributed by atoms with Gasteiger partial charge in [0.25, 0.3) is 0 Å². The van der Waals surface area contributed by atoms with Crippen LogP contribution in [0.3, 0.4) is 0 Å². The lowest BCUT2D eigenvalue weighted by atomic mass is 10.1. The van der Waals surface area contributed by atoms with Crippen LogP contribution in [-0.4, -0.2) is 36.9 Å². The number of anilines is 1. The number of rotatable bonds is 4. The lowest BCUT2D eigenvalue weighted by Gasteiger charge is -2.33. The van der Waals surface area contributed by atoms with Crippen molar-refractivity contribution in [3.8, 4) is 6.07 Å². The van der Waals surface area contributed by atoms with Crippen molar-refractivity contribution in [3.63, 3.8) is 0 Å². The van der Waals surface area contributed by atoms with Crippen LogP contribution in [0.2, 0.25) is 0 Å². The van der Waals surface area contributed by atoms with Crippen LogP contribution in [0.1, 0.15) is 18.4 Å². The van der Waals surface area contributed by atoms with E-state index in [-0.39, 0.29) is 12.7 Å². The van der Waals surface area contributed by atoms with Gasteiger partial charge in [-0.25, -0.2) is 4.79 Å². The first-order valence-electron chi connectivity index (χ1n) is 6.38. The predicted molar refractivity (Wildman–Crippen MR) is 77.7 cm³/mol. The largest absolute Gasteiger partial charge is 0.480 e. The number of piperidine rings is 1. The summed E-state index contributed by atoms with van der Waals surface area (Å²) in [6.45, 7) is 1.27. The Morgan fingerprint density at radius 2 is 2.20 bits per heavy atom. The molecule has 1 N–H and O–H groups in total. The average Bonchev–Trinajstić information content (AvgIpc) is 2.45. The molecule has 1 aliphatic rings. The van der Waals surface area contributed by atoms with Gasteiger partial charge in [0.1, 0.15) is 12.7 Å². The molecule has 0 bridgehead atoms. The highest BCUT2D eigenvalue weighted by atomic mass is 79.9. The molecule has 0 aromatic heterocycles. The molecule has 1 aromatic carbocycles. The molecule has 6 heteroatoms. The van der Waals surface area contributed by atoms with Gasteiger partial charge < -0.3 is 14.7 Å². The highest BCUT2D eigenvalue weighted by Gasteiger charge is 2.22. The molecule has 106 valence electrons. The molecule has 0 saturated carbocycles. The lowest BCUT2D eigenvalue weighted by molar-refractivity contribution is -0.144. The van der Waals surface area contributed by atoms with Crippen molar-refractivity contribution in [3.05, 3.63) is 28.2 Å². The number of nitrogens with zero attached hydrogens (tertiary/aromatic N) is 2. The smallest absolute Gasteiger partial charge is 0.329 e. The molecule has 0 atom stereocenters. The number of nitriles is 1. The molecule has 20 heavy (non-hydrogen) atoms. The molecule has 0 spiro atoms. The number of hydrogen-bond donors (Lipinski definition) is 1. The van der Waals surface area contributed by atoms with E-state index in [0.717, 1.165) is 36.1 Å². The number of aliphatic carboxylic acids is 1. The van der Waals surface area contributed by atoms with Gasteiger partial charge in [0, 0.05) is 17.6 Å². The zero-order valence-corrected chi connectivity index (χ0v) is 12.5. The van der Waals surface area contributed by atoms with Gasteiger partial charge >= 0.3 is 5.97 Å². The molecule has 1 aliphatic heterocycles. The Bertz CT molecular complexity index is 534. The normalized spacial score (nSPS) is 15.9. The van der Waals surface area contributed by atoms with E-state index < -0.39 is 5.97 Å². The predicted octanol–water partition coefficient (Wildman–Crippen LogP) is 2.39. The topological polar surface area (TPSA) is 73.6 Å². The van der Waals surface area contributed by atoms with Crippen LogP contribution in [0.5, 0.6) is 0 Å². The maximum Gasteiger partial charge on any atom is 0.329 e. The fourth-order valence-electron chi connectivity index (χ4n) is 2.31. The number of benzene rings is 1. The number of carboxylic acid groups (broad SMARTS) is 1. The third-order valence-corrected chi connectivity index (χ3v) is 3.80. The highest BCUT2D eigenvalue weighted by Crippen LogP contribution is 2.27. The van der Waals surface area contributed by atoms with E-state index in [2.05, 4.69) is 26.9 Å². The second-order valence-electron chi connectivity index (χ2n) is 4.66. The van der Waals surface area contributed by atoms with Gasteiger partial charge in [0.2, 0.25) is 0 Å². The molecule has 0 unspecified atom stereocenters. The summed E-state index contributed by atoms with van der Waals surface area (Å²) in [7, 11) is 0. The zero-order chi connectivity index (χ0) is 14.5. The van der Waals surface area contributed by atoms with Crippen molar-refractivity contribution in [2.75, 3.05) is 24.6 Å². The minimum atomic E-state index is -0.939. The van der Waals surface area contributed by atoms with Crippen molar-refractivity contribution in [2.45, 2.75) is 18.9 Å². The quantitative estimate of drug-likeness (QED) is 0.912. The number of carboxylic acids is 1. The molecular formula is C14H15BrN2O3. The first-order chi connectivity index (χ1) is 9.60. The lowest BCUT2D eigenvalue weighted by Crippen LogP contribution is -2.38. The Balaban J connectivity index is 1.99. The van der Waals surface area contributed by atoms with Crippen LogP contribution < -0.4 is 4.90 Å². The second kappa shape index (κ2) is 6.73. The van der Waals surface area contributed by atoms with E-state index in [1.165, 1.54) is 0 Å². The number of carbonyl (C=O) groups is 1. The summed E-state index contributed by atoms with van der Waals surface area (Å²) in [4.78, 5) is 12.6. The van der Waals surface area contributed by atoms with Gasteiger partial charge in [-0.05, 0) is 31.0 Å². The Morgan fingerprint density at radius 1 is 1.50 bits per heavy atom. The van der Waals surface area contributed by atoms with Gasteiger partial charge in [-0.1, -0.05) is 15.9 Å². The van der Waals surface area contributed by atoms with E-state index >= 15 is 0 Å². The van der Waals surface area contributed by atoms with Gasteiger partial charge in [0.15, 0.2) is 0 Å². The number of halogens is 1. The first kappa shape index (κ1) is 14.8. The fourth-order valence-corrected chi connectivity index (χ4v) is 2.66. The van der Waals surface area contributed by atoms with Gasteiger partial charge in [0.05, 0.1) is 17.4 Å². The van der Waals surface area contributed by atoms with Crippen LogP contribution in [-0.2, 0) is 9.53 Å². The molecule has 1 saturated heterocycles. The summed E-state index contributed by atoms with van der Waals surface area (Å²) in [6.07, 6.45) is 1.52. The Hall–Kier alpha value is -1.58. The number of hydrogen-bond acceptors (Lipinski definition) is 4. The molecule has 0 amide bonds. The third-order valence-electron chi connectivity index (χ3n) is 3.31. The van der Waals surface area contributed by atoms with Crippen molar-refractivity contribution >= 4 is 27.6 Å². The van der Waals surface area contributed by atoms with E-state index in [1.807, 2.05) is 12.1 Å². The summed E-state index contributed by atoms with van der Waals surface area (Å²) in [6, 6.07) is 7.79. The Labute approximate surface area is 125 Å².